The largest absolute Gasteiger partial charge is 0.384 e. The van der Waals surface area contributed by atoms with Gasteiger partial charge < -0.3 is 9.64 Å². The Bertz CT molecular complexity index is 1230. The van der Waals surface area contributed by atoms with Crippen molar-refractivity contribution in [1.29, 1.82) is 0 Å². The number of likely N-dealkylation sites (tertiary alicyclic amines) is 1. The van der Waals surface area contributed by atoms with Crippen LogP contribution in [0.15, 0.2) is 36.4 Å². The van der Waals surface area contributed by atoms with Crippen LogP contribution in [0.1, 0.15) is 17.9 Å². The van der Waals surface area contributed by atoms with Crippen molar-refractivity contribution in [3.63, 3.8) is 0 Å². The van der Waals surface area contributed by atoms with E-state index in [1.54, 1.807) is 0 Å². The van der Waals surface area contributed by atoms with Crippen molar-refractivity contribution in [1.82, 2.24) is 14.3 Å². The molecule has 1 saturated carbocycles. The smallest absolute Gasteiger partial charge is 0.276 e. The maximum atomic E-state index is 14.6. The van der Waals surface area contributed by atoms with Crippen LogP contribution in [-0.4, -0.2) is 65.3 Å². The fourth-order valence-corrected chi connectivity index (χ4v) is 5.29. The predicted molar refractivity (Wildman–Crippen MR) is 120 cm³/mol. The van der Waals surface area contributed by atoms with Gasteiger partial charge in [-0.3, -0.25) is 4.79 Å². The van der Waals surface area contributed by atoms with Gasteiger partial charge in [0.1, 0.15) is 23.6 Å². The minimum Gasteiger partial charge on any atom is -0.384 e. The number of rotatable bonds is 9. The maximum absolute atomic E-state index is 14.6. The molecule has 0 unspecified atom stereocenters. The van der Waals surface area contributed by atoms with Crippen molar-refractivity contribution in [2.45, 2.75) is 24.6 Å². The van der Waals surface area contributed by atoms with Crippen molar-refractivity contribution >= 4 is 16.1 Å². The fraction of sp³-hybridized carbons (Fsp3) is 0.435. The van der Waals surface area contributed by atoms with E-state index in [2.05, 4.69) is 9.44 Å². The number of ether oxygens (including phenoxy) is 1. The Morgan fingerprint density at radius 3 is 2.49 bits per heavy atom. The zero-order valence-electron chi connectivity index (χ0n) is 19.0. The summed E-state index contributed by atoms with van der Waals surface area (Å²) in [5.74, 6) is -3.48. The number of amides is 1. The van der Waals surface area contributed by atoms with Crippen LogP contribution >= 0.6 is 0 Å². The zero-order valence-corrected chi connectivity index (χ0v) is 19.8. The van der Waals surface area contributed by atoms with Crippen LogP contribution in [0.2, 0.25) is 0 Å². The molecule has 0 spiro atoms. The van der Waals surface area contributed by atoms with Gasteiger partial charge in [-0.1, -0.05) is 12.1 Å². The molecule has 1 aliphatic carbocycles. The van der Waals surface area contributed by atoms with E-state index in [0.29, 0.717) is 5.56 Å². The molecule has 4 rings (SSSR count). The lowest BCUT2D eigenvalue weighted by Gasteiger charge is -2.45. The van der Waals surface area contributed by atoms with Crippen LogP contribution in [0.25, 0.3) is 11.1 Å². The molecule has 2 fully saturated rings. The molecule has 4 atom stereocenters. The number of alkyl halides is 1. The summed E-state index contributed by atoms with van der Waals surface area (Å²) in [6.07, 6.45) is -1.19. The third kappa shape index (κ3) is 4.67. The van der Waals surface area contributed by atoms with Crippen molar-refractivity contribution < 1.29 is 35.5 Å². The lowest BCUT2D eigenvalue weighted by atomic mass is 9.89. The Kier molecular flexibility index (Phi) is 6.93. The molecule has 35 heavy (non-hydrogen) atoms. The summed E-state index contributed by atoms with van der Waals surface area (Å²) in [5.41, 5.74) is -1.21. The third-order valence-corrected chi connectivity index (χ3v) is 7.81. The first-order valence-corrected chi connectivity index (χ1v) is 12.4. The Balaban J connectivity index is 1.65. The van der Waals surface area contributed by atoms with E-state index in [1.165, 1.54) is 31.2 Å². The topological polar surface area (TPSA) is 87.7 Å². The predicted octanol–water partition coefficient (Wildman–Crippen LogP) is 2.49. The average molecular weight is 516 g/mol. The summed E-state index contributed by atoms with van der Waals surface area (Å²) < 4.78 is 90.4. The number of benzene rings is 2. The molecule has 2 N–H and O–H groups in total. The molecule has 190 valence electrons. The lowest BCUT2D eigenvalue weighted by molar-refractivity contribution is -0.153. The summed E-state index contributed by atoms with van der Waals surface area (Å²) in [6.45, 7) is -0.608. The standard InChI is InChI=1S/C23H25F4N3O4S/c1-28-35(32,33)29-10-20-19(27)11-30(20)22(31)23(12-34-2)9-16(23)14-7-6-13(24)8-15(14)21-17(25)4-3-5-18(21)26/h3-8,16,19-20,28-29H,9-12H2,1-2H3/t16-,19+,20+,23-/m0/s1. The Labute approximate surface area is 200 Å². The fourth-order valence-electron chi connectivity index (χ4n) is 4.76. The third-order valence-electron chi connectivity index (χ3n) is 6.73. The van der Waals surface area contributed by atoms with E-state index in [1.807, 2.05) is 0 Å². The molecule has 0 aromatic heterocycles. The molecular formula is C23H25F4N3O4S. The minimum absolute atomic E-state index is 0.0123. The highest BCUT2D eigenvalue weighted by Crippen LogP contribution is 2.62. The van der Waals surface area contributed by atoms with E-state index in [-0.39, 0.29) is 31.7 Å². The normalized spacial score (nSPS) is 25.9. The van der Waals surface area contributed by atoms with E-state index >= 15 is 0 Å². The first-order chi connectivity index (χ1) is 16.5. The first kappa shape index (κ1) is 25.5. The van der Waals surface area contributed by atoms with Crippen LogP contribution < -0.4 is 9.44 Å². The van der Waals surface area contributed by atoms with Gasteiger partial charge in [0.05, 0.1) is 30.2 Å². The number of halogens is 4. The second kappa shape index (κ2) is 9.49. The van der Waals surface area contributed by atoms with E-state index in [0.717, 1.165) is 24.3 Å². The second-order valence-corrected chi connectivity index (χ2v) is 10.5. The van der Waals surface area contributed by atoms with Crippen LogP contribution in [0.3, 0.4) is 0 Å². The van der Waals surface area contributed by atoms with Crippen molar-refractivity contribution in [3.05, 3.63) is 59.4 Å². The van der Waals surface area contributed by atoms with Crippen LogP contribution in [0, 0.1) is 22.9 Å². The molecule has 1 heterocycles. The van der Waals surface area contributed by atoms with Gasteiger partial charge in [0, 0.05) is 26.6 Å². The number of nitrogens with zero attached hydrogens (tertiary/aromatic N) is 1. The molecule has 1 saturated heterocycles. The molecule has 2 aromatic carbocycles. The molecule has 12 heteroatoms. The van der Waals surface area contributed by atoms with Crippen molar-refractivity contribution in [3.8, 4) is 11.1 Å². The minimum atomic E-state index is -3.83. The highest BCUT2D eigenvalue weighted by Gasteiger charge is 2.64. The Morgan fingerprint density at radius 1 is 1.20 bits per heavy atom. The first-order valence-electron chi connectivity index (χ1n) is 10.9. The van der Waals surface area contributed by atoms with E-state index in [9.17, 15) is 30.8 Å². The monoisotopic (exact) mass is 515 g/mol. The number of nitrogens with one attached hydrogen (secondary N) is 2. The van der Waals surface area contributed by atoms with E-state index in [4.69, 9.17) is 4.74 Å². The molecule has 7 nitrogen and oxygen atoms in total. The molecule has 1 aliphatic heterocycles. The number of hydrogen-bond acceptors (Lipinski definition) is 4. The Hall–Kier alpha value is -2.54. The van der Waals surface area contributed by atoms with Gasteiger partial charge in [0.2, 0.25) is 5.91 Å². The summed E-state index contributed by atoms with van der Waals surface area (Å²) in [4.78, 5) is 14.8. The molecular weight excluding hydrogens is 490 g/mol. The van der Waals surface area contributed by atoms with Crippen LogP contribution in [0.4, 0.5) is 17.6 Å². The van der Waals surface area contributed by atoms with Gasteiger partial charge in [-0.15, -0.1) is 0 Å². The van der Waals surface area contributed by atoms with Gasteiger partial charge in [0.15, 0.2) is 0 Å². The van der Waals surface area contributed by atoms with Crippen LogP contribution in [0.5, 0.6) is 0 Å². The molecule has 1 amide bonds. The van der Waals surface area contributed by atoms with Gasteiger partial charge in [-0.25, -0.2) is 27.0 Å². The van der Waals surface area contributed by atoms with Crippen LogP contribution in [-0.2, 0) is 19.7 Å². The average Bonchev–Trinajstić information content (AvgIpc) is 3.52. The van der Waals surface area contributed by atoms with Gasteiger partial charge in [-0.05, 0) is 41.8 Å². The maximum Gasteiger partial charge on any atom is 0.276 e. The number of methoxy groups -OCH3 is 1. The molecule has 2 aromatic rings. The summed E-state index contributed by atoms with van der Waals surface area (Å²) in [7, 11) is -1.25. The summed E-state index contributed by atoms with van der Waals surface area (Å²) in [6, 6.07) is 5.86. The van der Waals surface area contributed by atoms with E-state index < -0.39 is 62.7 Å². The van der Waals surface area contributed by atoms with Gasteiger partial charge >= 0.3 is 0 Å². The number of hydrogen-bond donors (Lipinski definition) is 2. The molecule has 0 bridgehead atoms. The molecule has 0 radical (unpaired) electrons. The number of carbonyl (C=O) groups excluding carboxylic acids is 1. The van der Waals surface area contributed by atoms with Crippen molar-refractivity contribution in [2.24, 2.45) is 5.41 Å². The highest BCUT2D eigenvalue weighted by atomic mass is 32.2. The van der Waals surface area contributed by atoms with Crippen molar-refractivity contribution in [2.75, 3.05) is 33.9 Å². The highest BCUT2D eigenvalue weighted by molar-refractivity contribution is 7.87. The number of carbonyl (C=O) groups is 1. The second-order valence-electron chi connectivity index (χ2n) is 8.77. The molecule has 2 aliphatic rings. The summed E-state index contributed by atoms with van der Waals surface area (Å²) in [5, 5.41) is 0. The zero-order chi connectivity index (χ0) is 25.5. The lowest BCUT2D eigenvalue weighted by Crippen LogP contribution is -2.66. The van der Waals surface area contributed by atoms with Gasteiger partial charge in [-0.2, -0.15) is 8.42 Å². The Morgan fingerprint density at radius 2 is 1.89 bits per heavy atom. The SMILES string of the molecule is CNS(=O)(=O)NC[C@@H]1[C@H](F)CN1C(=O)[C@]1(COC)C[C@H]1c1ccc(F)cc1-c1c(F)cccc1F. The van der Waals surface area contributed by atoms with Gasteiger partial charge in [0.25, 0.3) is 10.2 Å². The quantitative estimate of drug-likeness (QED) is 0.503. The summed E-state index contributed by atoms with van der Waals surface area (Å²) >= 11 is 0.